The van der Waals surface area contributed by atoms with Crippen LogP contribution in [-0.2, 0) is 16.0 Å². The summed E-state index contributed by atoms with van der Waals surface area (Å²) in [4.78, 5) is 41.1. The second-order valence-electron chi connectivity index (χ2n) is 5.15. The summed E-state index contributed by atoms with van der Waals surface area (Å²) in [6.07, 6.45) is 0.418. The second kappa shape index (κ2) is 5.88. The molecule has 8 heteroatoms. The summed E-state index contributed by atoms with van der Waals surface area (Å²) in [6.45, 7) is 3.35. The third kappa shape index (κ3) is 3.26. The van der Waals surface area contributed by atoms with Crippen LogP contribution in [-0.4, -0.2) is 44.0 Å². The highest BCUT2D eigenvalue weighted by molar-refractivity contribution is 7.99. The van der Waals surface area contributed by atoms with E-state index >= 15 is 0 Å². The molecule has 2 rings (SSSR count). The molecule has 1 aliphatic heterocycles. The van der Waals surface area contributed by atoms with Crippen molar-refractivity contribution in [1.29, 1.82) is 0 Å². The molecular weight excluding hydrogens is 294 g/mol. The van der Waals surface area contributed by atoms with Gasteiger partial charge in [-0.3, -0.25) is 4.79 Å². The van der Waals surface area contributed by atoms with Crippen molar-refractivity contribution >= 4 is 23.6 Å². The van der Waals surface area contributed by atoms with Crippen molar-refractivity contribution in [3.8, 4) is 0 Å². The fourth-order valence-corrected chi connectivity index (χ4v) is 3.70. The van der Waals surface area contributed by atoms with Crippen LogP contribution < -0.4 is 11.0 Å². The number of hydrogen-bond donors (Lipinski definition) is 3. The molecule has 1 unspecified atom stereocenters. The van der Waals surface area contributed by atoms with Crippen LogP contribution >= 0.6 is 11.8 Å². The van der Waals surface area contributed by atoms with Gasteiger partial charge in [0, 0.05) is 22.7 Å². The summed E-state index contributed by atoms with van der Waals surface area (Å²) in [5.41, 5.74) is 0.0464. The lowest BCUT2D eigenvalue weighted by atomic mass is 9.98. The maximum atomic E-state index is 12.2. The highest BCUT2D eigenvalue weighted by atomic mass is 32.2. The van der Waals surface area contributed by atoms with Crippen molar-refractivity contribution in [3.63, 3.8) is 0 Å². The normalized spacial score (nSPS) is 21.2. The molecule has 1 fully saturated rings. The van der Waals surface area contributed by atoms with E-state index in [0.29, 0.717) is 34.9 Å². The first-order valence-electron chi connectivity index (χ1n) is 6.52. The lowest BCUT2D eigenvalue weighted by Crippen LogP contribution is -2.55. The summed E-state index contributed by atoms with van der Waals surface area (Å²) in [7, 11) is 0. The fourth-order valence-electron chi connectivity index (χ4n) is 2.37. The molecule has 7 nitrogen and oxygen atoms in total. The molecule has 0 radical (unpaired) electrons. The van der Waals surface area contributed by atoms with E-state index in [9.17, 15) is 19.5 Å². The number of hydrogen-bond acceptors (Lipinski definition) is 5. The van der Waals surface area contributed by atoms with Crippen LogP contribution in [0.25, 0.3) is 0 Å². The zero-order valence-electron chi connectivity index (χ0n) is 11.9. The molecule has 3 N–H and O–H groups in total. The number of aromatic nitrogens is 2. The number of aromatic amines is 1. The second-order valence-corrected chi connectivity index (χ2v) is 6.25. The van der Waals surface area contributed by atoms with E-state index in [1.165, 1.54) is 11.8 Å². The number of thioether (sulfide) groups is 1. The Bertz CT molecular complexity index is 609. The predicted molar refractivity (Wildman–Crippen MR) is 78.5 cm³/mol. The standard InChI is InChI=1S/C13H17N3O4S/c1-7-9(8(2)15-12(20)14-7)5-10(17)16-13(11(18)19)3-4-21-6-13/h3-6H2,1-2H3,(H,16,17)(H,18,19)(H,14,15,20). The number of carboxylic acids is 1. The fraction of sp³-hybridized carbons (Fsp3) is 0.538. The first-order valence-corrected chi connectivity index (χ1v) is 7.68. The molecule has 1 saturated heterocycles. The van der Waals surface area contributed by atoms with Crippen molar-refractivity contribution < 1.29 is 14.7 Å². The monoisotopic (exact) mass is 311 g/mol. The lowest BCUT2D eigenvalue weighted by molar-refractivity contribution is -0.146. The van der Waals surface area contributed by atoms with Gasteiger partial charge in [-0.2, -0.15) is 16.7 Å². The van der Waals surface area contributed by atoms with Gasteiger partial charge in [0.25, 0.3) is 0 Å². The topological polar surface area (TPSA) is 112 Å². The maximum absolute atomic E-state index is 12.2. The lowest BCUT2D eigenvalue weighted by Gasteiger charge is -2.24. The highest BCUT2D eigenvalue weighted by Crippen LogP contribution is 2.28. The Kier molecular flexibility index (Phi) is 4.36. The Morgan fingerprint density at radius 3 is 2.71 bits per heavy atom. The number of nitrogens with one attached hydrogen (secondary N) is 2. The van der Waals surface area contributed by atoms with E-state index in [1.807, 2.05) is 0 Å². The number of rotatable bonds is 4. The number of aliphatic carboxylic acids is 1. The predicted octanol–water partition coefficient (Wildman–Crippen LogP) is 0.00574. The summed E-state index contributed by atoms with van der Waals surface area (Å²) in [5, 5.41) is 12.0. The Labute approximate surface area is 125 Å². The third-order valence-corrected chi connectivity index (χ3v) is 4.79. The molecule has 0 aromatic carbocycles. The largest absolute Gasteiger partial charge is 0.479 e. The number of nitrogens with zero attached hydrogens (tertiary/aromatic N) is 1. The van der Waals surface area contributed by atoms with Crippen LogP contribution in [0.4, 0.5) is 0 Å². The van der Waals surface area contributed by atoms with Gasteiger partial charge in [-0.15, -0.1) is 0 Å². The van der Waals surface area contributed by atoms with E-state index in [4.69, 9.17) is 0 Å². The molecule has 1 aliphatic rings. The van der Waals surface area contributed by atoms with Crippen molar-refractivity contribution in [2.24, 2.45) is 0 Å². The van der Waals surface area contributed by atoms with E-state index in [1.54, 1.807) is 13.8 Å². The van der Waals surface area contributed by atoms with Crippen molar-refractivity contribution in [2.75, 3.05) is 11.5 Å². The van der Waals surface area contributed by atoms with Gasteiger partial charge in [0.05, 0.1) is 6.42 Å². The van der Waals surface area contributed by atoms with Crippen molar-refractivity contribution in [1.82, 2.24) is 15.3 Å². The Morgan fingerprint density at radius 1 is 1.48 bits per heavy atom. The summed E-state index contributed by atoms with van der Waals surface area (Å²) >= 11 is 1.51. The van der Waals surface area contributed by atoms with Gasteiger partial charge in [0.1, 0.15) is 5.54 Å². The molecule has 114 valence electrons. The number of aryl methyl sites for hydroxylation is 2. The van der Waals surface area contributed by atoms with Gasteiger partial charge in [-0.25, -0.2) is 9.59 Å². The SMILES string of the molecule is Cc1nc(=O)[nH]c(C)c1CC(=O)NC1(C(=O)O)CCSC1. The number of carbonyl (C=O) groups is 2. The van der Waals surface area contributed by atoms with Crippen LogP contribution in [0.2, 0.25) is 0 Å². The van der Waals surface area contributed by atoms with E-state index in [0.717, 1.165) is 0 Å². The Morgan fingerprint density at radius 2 is 2.19 bits per heavy atom. The van der Waals surface area contributed by atoms with Crippen LogP contribution in [0.1, 0.15) is 23.4 Å². The zero-order chi connectivity index (χ0) is 15.6. The quantitative estimate of drug-likeness (QED) is 0.722. The number of H-pyrrole nitrogens is 1. The van der Waals surface area contributed by atoms with Crippen molar-refractivity contribution in [3.05, 3.63) is 27.4 Å². The number of amides is 1. The summed E-state index contributed by atoms with van der Waals surface area (Å²) < 4.78 is 0. The molecule has 0 aliphatic carbocycles. The number of carbonyl (C=O) groups excluding carboxylic acids is 1. The van der Waals surface area contributed by atoms with Gasteiger partial charge in [0.15, 0.2) is 0 Å². The van der Waals surface area contributed by atoms with Crippen LogP contribution in [0, 0.1) is 13.8 Å². The molecule has 0 bridgehead atoms. The molecule has 21 heavy (non-hydrogen) atoms. The Hall–Kier alpha value is -1.83. The molecule has 2 heterocycles. The Balaban J connectivity index is 2.15. The van der Waals surface area contributed by atoms with Crippen molar-refractivity contribution in [2.45, 2.75) is 32.2 Å². The van der Waals surface area contributed by atoms with Crippen LogP contribution in [0.5, 0.6) is 0 Å². The van der Waals surface area contributed by atoms with Crippen LogP contribution in [0.3, 0.4) is 0 Å². The first kappa shape index (κ1) is 15.6. The minimum absolute atomic E-state index is 0.00113. The highest BCUT2D eigenvalue weighted by Gasteiger charge is 2.43. The minimum Gasteiger partial charge on any atom is -0.479 e. The van der Waals surface area contributed by atoms with Gasteiger partial charge < -0.3 is 15.4 Å². The molecule has 0 spiro atoms. The van der Waals surface area contributed by atoms with Gasteiger partial charge >= 0.3 is 11.7 Å². The minimum atomic E-state index is -1.18. The van der Waals surface area contributed by atoms with E-state index < -0.39 is 17.2 Å². The smallest absolute Gasteiger partial charge is 0.345 e. The molecule has 1 aromatic rings. The molecule has 1 amide bonds. The average molecular weight is 311 g/mol. The molecule has 0 saturated carbocycles. The first-order chi connectivity index (χ1) is 9.84. The zero-order valence-corrected chi connectivity index (χ0v) is 12.7. The number of carboxylic acid groups (broad SMARTS) is 1. The molecule has 1 atom stereocenters. The maximum Gasteiger partial charge on any atom is 0.345 e. The van der Waals surface area contributed by atoms with E-state index in [2.05, 4.69) is 15.3 Å². The average Bonchev–Trinajstić information content (AvgIpc) is 2.83. The van der Waals surface area contributed by atoms with Gasteiger partial charge in [-0.05, 0) is 26.0 Å². The van der Waals surface area contributed by atoms with E-state index in [-0.39, 0.29) is 12.3 Å². The van der Waals surface area contributed by atoms with Crippen LogP contribution in [0.15, 0.2) is 4.79 Å². The summed E-state index contributed by atoms with van der Waals surface area (Å²) in [6, 6.07) is 0. The van der Waals surface area contributed by atoms with Gasteiger partial charge in [0.2, 0.25) is 5.91 Å². The molecule has 1 aromatic heterocycles. The third-order valence-electron chi connectivity index (χ3n) is 3.60. The molecular formula is C13H17N3O4S. The van der Waals surface area contributed by atoms with Gasteiger partial charge in [-0.1, -0.05) is 0 Å². The summed E-state index contributed by atoms with van der Waals surface area (Å²) in [5.74, 6) is -0.297.